The lowest BCUT2D eigenvalue weighted by Gasteiger charge is -2.36. The van der Waals surface area contributed by atoms with Crippen LogP contribution in [0.25, 0.3) is 0 Å². The molecule has 0 radical (unpaired) electrons. The van der Waals surface area contributed by atoms with Gasteiger partial charge in [0.25, 0.3) is 5.91 Å². The van der Waals surface area contributed by atoms with Gasteiger partial charge in [0.15, 0.2) is 0 Å². The number of carbonyl (C=O) groups is 1. The van der Waals surface area contributed by atoms with Gasteiger partial charge in [0.05, 0.1) is 13.2 Å². The molecule has 28 heavy (non-hydrogen) atoms. The minimum atomic E-state index is -3.68. The van der Waals surface area contributed by atoms with Gasteiger partial charge in [-0.15, -0.1) is 11.3 Å². The molecule has 2 fully saturated rings. The summed E-state index contributed by atoms with van der Waals surface area (Å²) in [4.78, 5) is 15.6. The molecule has 2 saturated heterocycles. The van der Waals surface area contributed by atoms with Crippen LogP contribution in [0, 0.1) is 11.8 Å². The minimum Gasteiger partial charge on any atom is -0.379 e. The Morgan fingerprint density at radius 2 is 1.93 bits per heavy atom. The highest BCUT2D eigenvalue weighted by atomic mass is 32.2. The van der Waals surface area contributed by atoms with Crippen molar-refractivity contribution in [3.63, 3.8) is 0 Å². The number of piperidine rings is 1. The lowest BCUT2D eigenvalue weighted by Crippen LogP contribution is -2.47. The lowest BCUT2D eigenvalue weighted by atomic mass is 9.92. The maximum Gasteiger partial charge on any atom is 0.263 e. The highest BCUT2D eigenvalue weighted by Gasteiger charge is 2.32. The van der Waals surface area contributed by atoms with Crippen LogP contribution in [-0.2, 0) is 14.8 Å². The van der Waals surface area contributed by atoms with Crippen molar-refractivity contribution in [1.29, 1.82) is 0 Å². The van der Waals surface area contributed by atoms with Crippen molar-refractivity contribution in [2.24, 2.45) is 11.8 Å². The van der Waals surface area contributed by atoms with Gasteiger partial charge in [0, 0.05) is 38.8 Å². The predicted octanol–water partition coefficient (Wildman–Crippen LogP) is 1.87. The summed E-state index contributed by atoms with van der Waals surface area (Å²) < 4.78 is 32.5. The van der Waals surface area contributed by atoms with E-state index in [0.29, 0.717) is 38.1 Å². The van der Waals surface area contributed by atoms with Crippen molar-refractivity contribution in [2.45, 2.75) is 38.1 Å². The first-order valence-electron chi connectivity index (χ1n) is 9.96. The van der Waals surface area contributed by atoms with Gasteiger partial charge in [-0.3, -0.25) is 4.79 Å². The smallest absolute Gasteiger partial charge is 0.263 e. The molecule has 3 atom stereocenters. The van der Waals surface area contributed by atoms with Gasteiger partial charge in [-0.2, -0.15) is 4.31 Å². The van der Waals surface area contributed by atoms with Crippen LogP contribution >= 0.6 is 11.3 Å². The molecule has 0 spiro atoms. The van der Waals surface area contributed by atoms with Crippen LogP contribution in [0.4, 0.5) is 0 Å². The van der Waals surface area contributed by atoms with Crippen LogP contribution < -0.4 is 5.32 Å². The van der Waals surface area contributed by atoms with Crippen LogP contribution in [0.5, 0.6) is 0 Å². The summed E-state index contributed by atoms with van der Waals surface area (Å²) in [6.45, 7) is 10.8. The number of nitrogens with zero attached hydrogens (tertiary/aromatic N) is 2. The number of likely N-dealkylation sites (tertiary alicyclic amines) is 1. The van der Waals surface area contributed by atoms with Gasteiger partial charge in [-0.1, -0.05) is 13.8 Å². The lowest BCUT2D eigenvalue weighted by molar-refractivity contribution is 0.0730. The normalized spacial score (nSPS) is 26.1. The largest absolute Gasteiger partial charge is 0.379 e. The molecule has 2 aliphatic heterocycles. The second-order valence-electron chi connectivity index (χ2n) is 8.17. The Kier molecular flexibility index (Phi) is 7.14. The van der Waals surface area contributed by atoms with Crippen LogP contribution in [-0.4, -0.2) is 75.5 Å². The molecule has 0 aliphatic carbocycles. The number of ether oxygens (including phenoxy) is 1. The standard InChI is InChI=1S/C19H31N3O4S2/c1-14-10-15(2)12-21(11-14)13-16(3)20-19(23)18-17(4-9-27-18)28(24,25)22-5-7-26-8-6-22/h4,9,14-16H,5-8,10-13H2,1-3H3,(H,20,23). The van der Waals surface area contributed by atoms with Crippen molar-refractivity contribution >= 4 is 27.3 Å². The van der Waals surface area contributed by atoms with Crippen molar-refractivity contribution < 1.29 is 17.9 Å². The molecule has 158 valence electrons. The van der Waals surface area contributed by atoms with E-state index in [2.05, 4.69) is 24.1 Å². The van der Waals surface area contributed by atoms with Gasteiger partial charge in [0.2, 0.25) is 10.0 Å². The molecule has 3 rings (SSSR count). The van der Waals surface area contributed by atoms with Crippen LogP contribution in [0.15, 0.2) is 16.3 Å². The average molecular weight is 430 g/mol. The van der Waals surface area contributed by atoms with E-state index in [1.54, 1.807) is 5.38 Å². The number of sulfonamides is 1. The molecule has 7 nitrogen and oxygen atoms in total. The highest BCUT2D eigenvalue weighted by Crippen LogP contribution is 2.26. The fraction of sp³-hybridized carbons (Fsp3) is 0.737. The number of nitrogens with one attached hydrogen (secondary N) is 1. The third-order valence-electron chi connectivity index (χ3n) is 5.28. The Hall–Kier alpha value is -1.00. The number of hydrogen-bond acceptors (Lipinski definition) is 6. The fourth-order valence-corrected chi connectivity index (χ4v) is 6.97. The molecular weight excluding hydrogens is 398 g/mol. The van der Waals surface area contributed by atoms with E-state index in [4.69, 9.17) is 4.74 Å². The first-order valence-corrected chi connectivity index (χ1v) is 12.3. The zero-order chi connectivity index (χ0) is 20.3. The van der Waals surface area contributed by atoms with Crippen LogP contribution in [0.3, 0.4) is 0 Å². The average Bonchev–Trinajstić information content (AvgIpc) is 3.12. The first kappa shape index (κ1) is 21.7. The Bertz CT molecular complexity index is 764. The van der Waals surface area contributed by atoms with Gasteiger partial charge >= 0.3 is 0 Å². The third kappa shape index (κ3) is 5.13. The molecule has 0 saturated carbocycles. The van der Waals surface area contributed by atoms with Crippen LogP contribution in [0.1, 0.15) is 36.9 Å². The van der Waals surface area contributed by atoms with Crippen molar-refractivity contribution in [3.05, 3.63) is 16.3 Å². The Balaban J connectivity index is 1.64. The molecule has 3 heterocycles. The maximum absolute atomic E-state index is 12.9. The fourth-order valence-electron chi connectivity index (χ4n) is 4.26. The van der Waals surface area contributed by atoms with Gasteiger partial charge in [0.1, 0.15) is 9.77 Å². The Labute approximate surface area is 172 Å². The number of morpholine rings is 1. The monoisotopic (exact) mass is 429 g/mol. The number of hydrogen-bond donors (Lipinski definition) is 1. The number of carbonyl (C=O) groups excluding carboxylic acids is 1. The molecule has 1 aromatic heterocycles. The molecule has 3 unspecified atom stereocenters. The molecule has 1 amide bonds. The van der Waals surface area contributed by atoms with E-state index >= 15 is 0 Å². The van der Waals surface area contributed by atoms with Gasteiger partial charge in [-0.25, -0.2) is 8.42 Å². The molecule has 1 N–H and O–H groups in total. The second kappa shape index (κ2) is 9.21. The highest BCUT2D eigenvalue weighted by molar-refractivity contribution is 7.89. The minimum absolute atomic E-state index is 0.0500. The van der Waals surface area contributed by atoms with Gasteiger partial charge < -0.3 is 15.0 Å². The zero-order valence-electron chi connectivity index (χ0n) is 16.9. The van der Waals surface area contributed by atoms with E-state index in [0.717, 1.165) is 19.6 Å². The second-order valence-corrected chi connectivity index (χ2v) is 11.0. The van der Waals surface area contributed by atoms with E-state index in [1.807, 2.05) is 6.92 Å². The quantitative estimate of drug-likeness (QED) is 0.747. The molecule has 2 aliphatic rings. The number of rotatable bonds is 6. The summed E-state index contributed by atoms with van der Waals surface area (Å²) in [5.41, 5.74) is 0. The van der Waals surface area contributed by atoms with Gasteiger partial charge in [-0.05, 0) is 36.6 Å². The van der Waals surface area contributed by atoms with E-state index < -0.39 is 10.0 Å². The predicted molar refractivity (Wildman–Crippen MR) is 110 cm³/mol. The molecule has 1 aromatic rings. The molecule has 0 aromatic carbocycles. The summed E-state index contributed by atoms with van der Waals surface area (Å²) in [5, 5.41) is 4.66. The molecule has 0 bridgehead atoms. The summed E-state index contributed by atoms with van der Waals surface area (Å²) in [6, 6.07) is 1.48. The summed E-state index contributed by atoms with van der Waals surface area (Å²) >= 11 is 1.17. The van der Waals surface area contributed by atoms with Crippen molar-refractivity contribution in [3.8, 4) is 0 Å². The Morgan fingerprint density at radius 1 is 1.29 bits per heavy atom. The molecule has 9 heteroatoms. The zero-order valence-corrected chi connectivity index (χ0v) is 18.5. The molecular formula is C19H31N3O4S2. The van der Waals surface area contributed by atoms with Crippen molar-refractivity contribution in [1.82, 2.24) is 14.5 Å². The first-order chi connectivity index (χ1) is 13.3. The van der Waals surface area contributed by atoms with E-state index in [1.165, 1.54) is 28.1 Å². The van der Waals surface area contributed by atoms with Crippen LogP contribution in [0.2, 0.25) is 0 Å². The summed E-state index contributed by atoms with van der Waals surface area (Å²) in [6.07, 6.45) is 1.25. The number of thiophene rings is 1. The van der Waals surface area contributed by atoms with E-state index in [9.17, 15) is 13.2 Å². The third-order valence-corrected chi connectivity index (χ3v) is 8.26. The Morgan fingerprint density at radius 3 is 2.57 bits per heavy atom. The van der Waals surface area contributed by atoms with E-state index in [-0.39, 0.29) is 21.7 Å². The van der Waals surface area contributed by atoms with Crippen molar-refractivity contribution in [2.75, 3.05) is 45.9 Å². The summed E-state index contributed by atoms with van der Waals surface area (Å²) in [7, 11) is -3.68. The number of amides is 1. The SMILES string of the molecule is CC1CC(C)CN(CC(C)NC(=O)c2sccc2S(=O)(=O)N2CCOCC2)C1. The summed E-state index contributed by atoms with van der Waals surface area (Å²) in [5.74, 6) is 1.01. The maximum atomic E-state index is 12.9. The topological polar surface area (TPSA) is 79.0 Å².